The van der Waals surface area contributed by atoms with Gasteiger partial charge in [-0.1, -0.05) is 6.07 Å². The van der Waals surface area contributed by atoms with E-state index in [0.717, 1.165) is 11.5 Å². The zero-order chi connectivity index (χ0) is 19.8. The predicted molar refractivity (Wildman–Crippen MR) is 106 cm³/mol. The van der Waals surface area contributed by atoms with E-state index in [4.69, 9.17) is 9.47 Å². The van der Waals surface area contributed by atoms with Crippen LogP contribution in [0.2, 0.25) is 0 Å². The molecule has 0 spiro atoms. The lowest BCUT2D eigenvalue weighted by atomic mass is 10.2. The second kappa shape index (κ2) is 9.66. The van der Waals surface area contributed by atoms with E-state index in [1.165, 1.54) is 6.26 Å². The van der Waals surface area contributed by atoms with Gasteiger partial charge in [0.05, 0.1) is 24.9 Å². The van der Waals surface area contributed by atoms with Crippen molar-refractivity contribution in [1.29, 1.82) is 0 Å². The van der Waals surface area contributed by atoms with Crippen molar-refractivity contribution >= 4 is 15.8 Å². The number of guanidine groups is 1. The van der Waals surface area contributed by atoms with Crippen LogP contribution in [0.3, 0.4) is 0 Å². The van der Waals surface area contributed by atoms with Gasteiger partial charge in [0.15, 0.2) is 15.8 Å². The molecule has 1 aromatic rings. The normalized spacial score (nSPS) is 13.8. The third-order valence-electron chi connectivity index (χ3n) is 3.90. The van der Waals surface area contributed by atoms with Gasteiger partial charge in [0.1, 0.15) is 17.6 Å². The number of methoxy groups -OCH3 is 1. The lowest BCUT2D eigenvalue weighted by Gasteiger charge is -2.22. The Balaban J connectivity index is 2.65. The average Bonchev–Trinajstić information content (AvgIpc) is 2.56. The number of nitrogens with zero attached hydrogens (tertiary/aromatic N) is 1. The van der Waals surface area contributed by atoms with E-state index in [1.807, 2.05) is 38.1 Å². The summed E-state index contributed by atoms with van der Waals surface area (Å²) in [4.78, 5) is 4.40. The molecule has 1 unspecified atom stereocenters. The average molecular weight is 386 g/mol. The molecule has 0 bridgehead atoms. The number of benzene rings is 1. The van der Waals surface area contributed by atoms with Crippen molar-refractivity contribution < 1.29 is 17.9 Å². The Labute approximate surface area is 157 Å². The SMILES string of the molecule is CCNC(=NCC(C)(C)S(C)(=O)=O)NCC(C)Oc1cccc(OC)c1. The minimum absolute atomic E-state index is 0.117. The van der Waals surface area contributed by atoms with E-state index in [2.05, 4.69) is 15.6 Å². The Morgan fingerprint density at radius 1 is 1.27 bits per heavy atom. The van der Waals surface area contributed by atoms with Crippen LogP contribution in [0.15, 0.2) is 29.3 Å². The highest BCUT2D eigenvalue weighted by Gasteiger charge is 2.29. The van der Waals surface area contributed by atoms with Crippen molar-refractivity contribution in [3.8, 4) is 11.5 Å². The molecule has 1 atom stereocenters. The molecule has 0 saturated carbocycles. The molecule has 148 valence electrons. The summed E-state index contributed by atoms with van der Waals surface area (Å²) in [7, 11) is -1.58. The smallest absolute Gasteiger partial charge is 0.191 e. The summed E-state index contributed by atoms with van der Waals surface area (Å²) in [6, 6.07) is 7.42. The van der Waals surface area contributed by atoms with Crippen LogP contribution < -0.4 is 20.1 Å². The van der Waals surface area contributed by atoms with E-state index in [9.17, 15) is 8.42 Å². The van der Waals surface area contributed by atoms with Gasteiger partial charge in [-0.25, -0.2) is 8.42 Å². The number of hydrogen-bond donors (Lipinski definition) is 2. The van der Waals surface area contributed by atoms with Gasteiger partial charge in [-0.05, 0) is 39.8 Å². The molecule has 1 aromatic carbocycles. The number of hydrogen-bond acceptors (Lipinski definition) is 5. The van der Waals surface area contributed by atoms with E-state index in [0.29, 0.717) is 19.0 Å². The molecular weight excluding hydrogens is 354 g/mol. The molecule has 0 aliphatic rings. The van der Waals surface area contributed by atoms with Crippen LogP contribution in [0.4, 0.5) is 0 Å². The van der Waals surface area contributed by atoms with Gasteiger partial charge in [0.25, 0.3) is 0 Å². The predicted octanol–water partition coefficient (Wildman–Crippen LogP) is 1.84. The minimum atomic E-state index is -3.19. The maximum Gasteiger partial charge on any atom is 0.191 e. The molecule has 0 fully saturated rings. The highest BCUT2D eigenvalue weighted by molar-refractivity contribution is 7.92. The van der Waals surface area contributed by atoms with E-state index < -0.39 is 14.6 Å². The van der Waals surface area contributed by atoms with Crippen LogP contribution >= 0.6 is 0 Å². The van der Waals surface area contributed by atoms with Crippen molar-refractivity contribution in [2.45, 2.75) is 38.5 Å². The summed E-state index contributed by atoms with van der Waals surface area (Å²) in [5.74, 6) is 2.02. The first-order valence-corrected chi connectivity index (χ1v) is 10.5. The number of rotatable bonds is 9. The van der Waals surface area contributed by atoms with Crippen LogP contribution in [-0.2, 0) is 9.84 Å². The molecule has 8 heteroatoms. The molecule has 0 aliphatic heterocycles. The Hall–Kier alpha value is -1.96. The third kappa shape index (κ3) is 7.11. The molecule has 0 heterocycles. The minimum Gasteiger partial charge on any atom is -0.497 e. The molecule has 0 aliphatic carbocycles. The van der Waals surface area contributed by atoms with Crippen LogP contribution in [0.1, 0.15) is 27.7 Å². The van der Waals surface area contributed by atoms with Gasteiger partial charge in [-0.3, -0.25) is 4.99 Å². The molecule has 0 radical (unpaired) electrons. The standard InChI is InChI=1S/C18H31N3O4S/c1-7-19-17(21-13-18(3,4)26(6,22)23)20-12-14(2)25-16-10-8-9-15(11-16)24-5/h8-11,14H,7,12-13H2,1-6H3,(H2,19,20,21). The zero-order valence-electron chi connectivity index (χ0n) is 16.5. The fourth-order valence-corrected chi connectivity index (χ4v) is 2.22. The lowest BCUT2D eigenvalue weighted by molar-refractivity contribution is 0.223. The van der Waals surface area contributed by atoms with Crippen LogP contribution in [-0.4, -0.2) is 58.2 Å². The highest BCUT2D eigenvalue weighted by Crippen LogP contribution is 2.19. The van der Waals surface area contributed by atoms with Crippen molar-refractivity contribution in [3.05, 3.63) is 24.3 Å². The maximum absolute atomic E-state index is 11.8. The van der Waals surface area contributed by atoms with Gasteiger partial charge in [-0.2, -0.15) is 0 Å². The van der Waals surface area contributed by atoms with Crippen molar-refractivity contribution in [3.63, 3.8) is 0 Å². The quantitative estimate of drug-likeness (QED) is 0.498. The van der Waals surface area contributed by atoms with Crippen LogP contribution in [0.25, 0.3) is 0 Å². The van der Waals surface area contributed by atoms with Gasteiger partial charge < -0.3 is 20.1 Å². The fourth-order valence-electron chi connectivity index (χ4n) is 1.92. The summed E-state index contributed by atoms with van der Waals surface area (Å²) in [5.41, 5.74) is 0. The largest absolute Gasteiger partial charge is 0.497 e. The summed E-state index contributed by atoms with van der Waals surface area (Å²) in [5, 5.41) is 6.29. The van der Waals surface area contributed by atoms with Gasteiger partial charge in [-0.15, -0.1) is 0 Å². The second-order valence-corrected chi connectivity index (χ2v) is 9.36. The molecule has 7 nitrogen and oxygen atoms in total. The Kier molecular flexibility index (Phi) is 8.20. The highest BCUT2D eigenvalue weighted by atomic mass is 32.2. The number of nitrogens with one attached hydrogen (secondary N) is 2. The molecule has 1 rings (SSSR count). The molecular formula is C18H31N3O4S. The second-order valence-electron chi connectivity index (χ2n) is 6.72. The lowest BCUT2D eigenvalue weighted by Crippen LogP contribution is -2.43. The van der Waals surface area contributed by atoms with Crippen molar-refractivity contribution in [2.75, 3.05) is 33.0 Å². The molecule has 26 heavy (non-hydrogen) atoms. The monoisotopic (exact) mass is 385 g/mol. The molecule has 0 aromatic heterocycles. The zero-order valence-corrected chi connectivity index (χ0v) is 17.3. The summed E-state index contributed by atoms with van der Waals surface area (Å²) >= 11 is 0. The van der Waals surface area contributed by atoms with Crippen molar-refractivity contribution in [1.82, 2.24) is 10.6 Å². The Bertz CT molecular complexity index is 702. The summed E-state index contributed by atoms with van der Waals surface area (Å²) < 4.78 is 33.7. The van der Waals surface area contributed by atoms with Gasteiger partial charge in [0.2, 0.25) is 0 Å². The molecule has 2 N–H and O–H groups in total. The first-order chi connectivity index (χ1) is 12.1. The van der Waals surface area contributed by atoms with Crippen molar-refractivity contribution in [2.24, 2.45) is 4.99 Å². The third-order valence-corrected chi connectivity index (χ3v) is 6.04. The molecule has 0 saturated heterocycles. The molecule has 0 amide bonds. The fraction of sp³-hybridized carbons (Fsp3) is 0.611. The maximum atomic E-state index is 11.8. The topological polar surface area (TPSA) is 89.0 Å². The Morgan fingerprint density at radius 3 is 2.50 bits per heavy atom. The number of aliphatic imine (C=N–C) groups is 1. The van der Waals surface area contributed by atoms with Crippen LogP contribution in [0.5, 0.6) is 11.5 Å². The summed E-state index contributed by atoms with van der Waals surface area (Å²) in [6.07, 6.45) is 1.11. The first kappa shape index (κ1) is 22.1. The number of ether oxygens (including phenoxy) is 2. The van der Waals surface area contributed by atoms with E-state index >= 15 is 0 Å². The summed E-state index contributed by atoms with van der Waals surface area (Å²) in [6.45, 7) is 8.60. The van der Waals surface area contributed by atoms with E-state index in [-0.39, 0.29) is 12.6 Å². The Morgan fingerprint density at radius 2 is 1.92 bits per heavy atom. The van der Waals surface area contributed by atoms with E-state index in [1.54, 1.807) is 21.0 Å². The number of sulfone groups is 1. The van der Waals surface area contributed by atoms with Gasteiger partial charge >= 0.3 is 0 Å². The van der Waals surface area contributed by atoms with Gasteiger partial charge in [0, 0.05) is 18.9 Å². The van der Waals surface area contributed by atoms with Crippen LogP contribution in [0, 0.1) is 0 Å². The first-order valence-electron chi connectivity index (χ1n) is 8.61.